The van der Waals surface area contributed by atoms with Crippen LogP contribution in [0.4, 0.5) is 0 Å². The van der Waals surface area contributed by atoms with Crippen LogP contribution in [-0.2, 0) is 4.79 Å². The van der Waals surface area contributed by atoms with Crippen molar-refractivity contribution >= 4 is 12.0 Å². The molecule has 0 saturated heterocycles. The van der Waals surface area contributed by atoms with Gasteiger partial charge < -0.3 is 14.8 Å². The molecule has 1 aromatic carbocycles. The van der Waals surface area contributed by atoms with E-state index in [1.807, 2.05) is 30.4 Å². The number of hydrogen-bond acceptors (Lipinski definition) is 3. The van der Waals surface area contributed by atoms with Crippen molar-refractivity contribution in [2.45, 2.75) is 46.1 Å². The maximum Gasteiger partial charge on any atom is 0.244 e. The summed E-state index contributed by atoms with van der Waals surface area (Å²) < 4.78 is 10.7. The predicted molar refractivity (Wildman–Crippen MR) is 102 cm³/mol. The molecular formula is C22H27NO3. The standard InChI is InChI=1S/C22H27NO3/c1-21(2)16-10-11-22(21,3)19(13-16)23-20(24)7-5-4-6-15-8-9-17-18(12-15)26-14-25-17/h4-9,12,16,19H,10-11,13-14H2,1-3H3,(H,23,24)/b6-4+,7-5+/t16-,19+,22+/m1/s1. The molecule has 1 aromatic rings. The molecule has 3 atom stereocenters. The van der Waals surface area contributed by atoms with Gasteiger partial charge in [0, 0.05) is 12.1 Å². The first-order valence-electron chi connectivity index (χ1n) is 9.45. The second-order valence-electron chi connectivity index (χ2n) is 8.50. The summed E-state index contributed by atoms with van der Waals surface area (Å²) in [5, 5.41) is 3.24. The van der Waals surface area contributed by atoms with Gasteiger partial charge in [-0.15, -0.1) is 0 Å². The molecule has 138 valence electrons. The van der Waals surface area contributed by atoms with Crippen LogP contribution >= 0.6 is 0 Å². The molecule has 2 bridgehead atoms. The van der Waals surface area contributed by atoms with E-state index in [9.17, 15) is 4.79 Å². The fourth-order valence-electron chi connectivity index (χ4n) is 4.97. The number of fused-ring (bicyclic) bond motifs is 3. The first-order chi connectivity index (χ1) is 12.4. The van der Waals surface area contributed by atoms with Crippen LogP contribution in [0.2, 0.25) is 0 Å². The minimum Gasteiger partial charge on any atom is -0.454 e. The fraction of sp³-hybridized carbons (Fsp3) is 0.500. The summed E-state index contributed by atoms with van der Waals surface area (Å²) >= 11 is 0. The molecule has 1 N–H and O–H groups in total. The van der Waals surface area contributed by atoms with Gasteiger partial charge in [-0.05, 0) is 53.7 Å². The van der Waals surface area contributed by atoms with Gasteiger partial charge in [0.05, 0.1) is 0 Å². The van der Waals surface area contributed by atoms with E-state index in [0.717, 1.165) is 29.4 Å². The van der Waals surface area contributed by atoms with Crippen molar-refractivity contribution in [3.05, 3.63) is 42.0 Å². The van der Waals surface area contributed by atoms with Gasteiger partial charge in [-0.3, -0.25) is 4.79 Å². The van der Waals surface area contributed by atoms with Crippen LogP contribution < -0.4 is 14.8 Å². The van der Waals surface area contributed by atoms with E-state index in [-0.39, 0.29) is 24.2 Å². The molecule has 3 aliphatic rings. The highest BCUT2D eigenvalue weighted by Gasteiger charge is 2.61. The van der Waals surface area contributed by atoms with E-state index < -0.39 is 0 Å². The average molecular weight is 353 g/mol. The third-order valence-corrected chi connectivity index (χ3v) is 7.15. The van der Waals surface area contributed by atoms with Gasteiger partial charge in [0.15, 0.2) is 11.5 Å². The molecule has 0 unspecified atom stereocenters. The van der Waals surface area contributed by atoms with Crippen molar-refractivity contribution in [3.8, 4) is 11.5 Å². The topological polar surface area (TPSA) is 47.6 Å². The summed E-state index contributed by atoms with van der Waals surface area (Å²) in [5.74, 6) is 2.27. The molecule has 1 aliphatic heterocycles. The number of carbonyl (C=O) groups is 1. The van der Waals surface area contributed by atoms with Crippen molar-refractivity contribution in [2.24, 2.45) is 16.7 Å². The van der Waals surface area contributed by atoms with Gasteiger partial charge in [0.1, 0.15) is 0 Å². The lowest BCUT2D eigenvalue weighted by Gasteiger charge is -2.39. The zero-order valence-electron chi connectivity index (χ0n) is 15.7. The number of benzene rings is 1. The number of amides is 1. The van der Waals surface area contributed by atoms with Gasteiger partial charge in [-0.25, -0.2) is 0 Å². The molecule has 0 radical (unpaired) electrons. The minimum atomic E-state index is -0.00471. The molecule has 4 nitrogen and oxygen atoms in total. The zero-order chi connectivity index (χ0) is 18.4. The van der Waals surface area contributed by atoms with Gasteiger partial charge >= 0.3 is 0 Å². The van der Waals surface area contributed by atoms with E-state index >= 15 is 0 Å². The first-order valence-corrected chi connectivity index (χ1v) is 9.45. The zero-order valence-corrected chi connectivity index (χ0v) is 15.7. The van der Waals surface area contributed by atoms with Gasteiger partial charge in [-0.2, -0.15) is 0 Å². The molecule has 0 spiro atoms. The molecule has 0 aromatic heterocycles. The Labute approximate surface area is 155 Å². The fourth-order valence-corrected chi connectivity index (χ4v) is 4.97. The van der Waals surface area contributed by atoms with E-state index in [4.69, 9.17) is 9.47 Å². The smallest absolute Gasteiger partial charge is 0.244 e. The Morgan fingerprint density at radius 2 is 2.00 bits per heavy atom. The highest BCUT2D eigenvalue weighted by Crippen LogP contribution is 2.65. The number of allylic oxidation sites excluding steroid dienone is 2. The Kier molecular flexibility index (Phi) is 4.09. The maximum absolute atomic E-state index is 12.3. The van der Waals surface area contributed by atoms with Crippen LogP contribution in [0.25, 0.3) is 6.08 Å². The monoisotopic (exact) mass is 353 g/mol. The van der Waals surface area contributed by atoms with E-state index in [1.165, 1.54) is 12.8 Å². The molecule has 1 heterocycles. The molecular weight excluding hydrogens is 326 g/mol. The Bertz CT molecular complexity index is 780. The highest BCUT2D eigenvalue weighted by atomic mass is 16.7. The lowest BCUT2D eigenvalue weighted by molar-refractivity contribution is -0.118. The maximum atomic E-state index is 12.3. The Balaban J connectivity index is 1.34. The van der Waals surface area contributed by atoms with Gasteiger partial charge in [0.2, 0.25) is 12.7 Å². The summed E-state index contributed by atoms with van der Waals surface area (Å²) in [7, 11) is 0. The SMILES string of the molecule is CC1(C)[C@@H]2CC[C@@]1(C)[C@@H](NC(=O)/C=C/C=C/c1ccc3c(c1)OCO3)C2. The van der Waals surface area contributed by atoms with Crippen molar-refractivity contribution in [3.63, 3.8) is 0 Å². The van der Waals surface area contributed by atoms with Crippen molar-refractivity contribution < 1.29 is 14.3 Å². The normalized spacial score (nSPS) is 31.2. The lowest BCUT2D eigenvalue weighted by atomic mass is 9.69. The van der Waals surface area contributed by atoms with Crippen LogP contribution in [0.5, 0.6) is 11.5 Å². The number of nitrogens with one attached hydrogen (secondary N) is 1. The molecule has 26 heavy (non-hydrogen) atoms. The van der Waals surface area contributed by atoms with Gasteiger partial charge in [0.25, 0.3) is 0 Å². The number of ether oxygens (including phenoxy) is 2. The number of rotatable bonds is 4. The van der Waals surface area contributed by atoms with Crippen molar-refractivity contribution in [1.82, 2.24) is 5.32 Å². The largest absolute Gasteiger partial charge is 0.454 e. The van der Waals surface area contributed by atoms with Crippen molar-refractivity contribution in [1.29, 1.82) is 0 Å². The molecule has 2 fully saturated rings. The van der Waals surface area contributed by atoms with Crippen LogP contribution in [-0.4, -0.2) is 18.7 Å². The Hall–Kier alpha value is -2.23. The summed E-state index contributed by atoms with van der Waals surface area (Å²) in [6.45, 7) is 7.34. The molecule has 4 heteroatoms. The highest BCUT2D eigenvalue weighted by molar-refractivity contribution is 5.88. The van der Waals surface area contributed by atoms with Crippen LogP contribution in [0, 0.1) is 16.7 Å². The average Bonchev–Trinajstić information content (AvgIpc) is 3.21. The Morgan fingerprint density at radius 1 is 1.19 bits per heavy atom. The third kappa shape index (κ3) is 2.72. The molecule has 4 rings (SSSR count). The summed E-state index contributed by atoms with van der Waals surface area (Å²) in [6, 6.07) is 6.09. The third-order valence-electron chi connectivity index (χ3n) is 7.15. The van der Waals surface area contributed by atoms with Crippen LogP contribution in [0.1, 0.15) is 45.6 Å². The Morgan fingerprint density at radius 3 is 2.73 bits per heavy atom. The second kappa shape index (κ2) is 6.19. The lowest BCUT2D eigenvalue weighted by Crippen LogP contribution is -2.46. The molecule has 2 saturated carbocycles. The van der Waals surface area contributed by atoms with Crippen LogP contribution in [0.3, 0.4) is 0 Å². The molecule has 2 aliphatic carbocycles. The number of carbonyl (C=O) groups excluding carboxylic acids is 1. The summed E-state index contributed by atoms with van der Waals surface area (Å²) in [5.41, 5.74) is 1.54. The first kappa shape index (κ1) is 17.2. The molecule has 1 amide bonds. The minimum absolute atomic E-state index is 0.00471. The van der Waals surface area contributed by atoms with E-state index in [0.29, 0.717) is 5.41 Å². The summed E-state index contributed by atoms with van der Waals surface area (Å²) in [4.78, 5) is 12.3. The number of hydrogen-bond donors (Lipinski definition) is 1. The van der Waals surface area contributed by atoms with Gasteiger partial charge in [-0.1, -0.05) is 45.1 Å². The van der Waals surface area contributed by atoms with Crippen molar-refractivity contribution in [2.75, 3.05) is 6.79 Å². The predicted octanol–water partition coefficient (Wildman–Crippen LogP) is 4.32. The van der Waals surface area contributed by atoms with E-state index in [1.54, 1.807) is 12.2 Å². The second-order valence-corrected chi connectivity index (χ2v) is 8.50. The van der Waals surface area contributed by atoms with Crippen LogP contribution in [0.15, 0.2) is 36.4 Å². The summed E-state index contributed by atoms with van der Waals surface area (Å²) in [6.07, 6.45) is 10.9. The quantitative estimate of drug-likeness (QED) is 0.648. The van der Waals surface area contributed by atoms with E-state index in [2.05, 4.69) is 26.1 Å².